The van der Waals surface area contributed by atoms with Crippen molar-refractivity contribution in [3.05, 3.63) is 0 Å². The Morgan fingerprint density at radius 1 is 1.22 bits per heavy atom. The highest BCUT2D eigenvalue weighted by Gasteiger charge is 2.33. The first-order chi connectivity index (χ1) is 8.54. The van der Waals surface area contributed by atoms with Crippen LogP contribution >= 0.6 is 0 Å². The Labute approximate surface area is 108 Å². The Balaban J connectivity index is 2.11. The maximum atomic E-state index is 12.0. The minimum Gasteiger partial charge on any atom is -0.481 e. The van der Waals surface area contributed by atoms with Gasteiger partial charge >= 0.3 is 5.97 Å². The molecule has 1 amide bonds. The van der Waals surface area contributed by atoms with Gasteiger partial charge in [0, 0.05) is 18.4 Å². The van der Waals surface area contributed by atoms with Gasteiger partial charge in [0.15, 0.2) is 0 Å². The molecule has 0 bridgehead atoms. The van der Waals surface area contributed by atoms with Gasteiger partial charge in [-0.15, -0.1) is 0 Å². The minimum absolute atomic E-state index is 0.141. The van der Waals surface area contributed by atoms with Gasteiger partial charge in [-0.2, -0.15) is 0 Å². The Morgan fingerprint density at radius 2 is 1.89 bits per heavy atom. The average molecular weight is 256 g/mol. The number of rotatable bonds is 7. The number of carboxylic acid groups (broad SMARTS) is 1. The number of carboxylic acids is 1. The maximum absolute atomic E-state index is 12.0. The van der Waals surface area contributed by atoms with E-state index in [9.17, 15) is 9.59 Å². The van der Waals surface area contributed by atoms with Crippen molar-refractivity contribution in [3.8, 4) is 0 Å². The van der Waals surface area contributed by atoms with E-state index in [0.717, 1.165) is 38.8 Å². The molecule has 0 aromatic rings. The van der Waals surface area contributed by atoms with E-state index < -0.39 is 5.97 Å². The summed E-state index contributed by atoms with van der Waals surface area (Å²) in [5.74, 6) is -0.608. The molecule has 104 valence electrons. The largest absolute Gasteiger partial charge is 0.481 e. The first-order valence-electron chi connectivity index (χ1n) is 6.75. The number of carbonyl (C=O) groups is 2. The monoisotopic (exact) mass is 256 g/mol. The Morgan fingerprint density at radius 3 is 2.50 bits per heavy atom. The van der Waals surface area contributed by atoms with Crippen LogP contribution in [0.15, 0.2) is 0 Å². The molecule has 0 aromatic heterocycles. The van der Waals surface area contributed by atoms with Gasteiger partial charge < -0.3 is 15.7 Å². The van der Waals surface area contributed by atoms with Crippen LogP contribution in [0.25, 0.3) is 0 Å². The molecule has 0 saturated carbocycles. The van der Waals surface area contributed by atoms with Crippen LogP contribution in [0.3, 0.4) is 0 Å². The summed E-state index contributed by atoms with van der Waals surface area (Å²) in [5, 5.41) is 14.7. The molecule has 1 aliphatic rings. The zero-order chi connectivity index (χ0) is 13.4. The van der Waals surface area contributed by atoms with Gasteiger partial charge in [0.05, 0.1) is 0 Å². The average Bonchev–Trinajstić information content (AvgIpc) is 2.34. The van der Waals surface area contributed by atoms with Gasteiger partial charge in [-0.25, -0.2) is 0 Å². The fourth-order valence-corrected chi connectivity index (χ4v) is 2.20. The summed E-state index contributed by atoms with van der Waals surface area (Å²) in [5.41, 5.74) is -0.230. The summed E-state index contributed by atoms with van der Waals surface area (Å²) in [7, 11) is 0. The van der Waals surface area contributed by atoms with E-state index in [4.69, 9.17) is 5.11 Å². The van der Waals surface area contributed by atoms with Gasteiger partial charge in [-0.3, -0.25) is 9.59 Å². The van der Waals surface area contributed by atoms with Crippen LogP contribution in [-0.2, 0) is 9.59 Å². The minimum atomic E-state index is -0.749. The molecule has 1 fully saturated rings. The van der Waals surface area contributed by atoms with Crippen molar-refractivity contribution in [2.75, 3.05) is 19.6 Å². The highest BCUT2D eigenvalue weighted by molar-refractivity contribution is 5.82. The SMILES string of the molecule is CC1(C(=O)NCCCCCC(=O)O)CCNCC1. The van der Waals surface area contributed by atoms with E-state index in [-0.39, 0.29) is 17.7 Å². The zero-order valence-electron chi connectivity index (χ0n) is 11.1. The van der Waals surface area contributed by atoms with Crippen LogP contribution in [0, 0.1) is 5.41 Å². The van der Waals surface area contributed by atoms with Crippen LogP contribution in [0.4, 0.5) is 0 Å². The van der Waals surface area contributed by atoms with Crippen LogP contribution in [0.2, 0.25) is 0 Å². The number of hydrogen-bond donors (Lipinski definition) is 3. The summed E-state index contributed by atoms with van der Waals surface area (Å²) < 4.78 is 0. The van der Waals surface area contributed by atoms with Gasteiger partial charge in [0.1, 0.15) is 0 Å². The number of unbranched alkanes of at least 4 members (excludes halogenated alkanes) is 2. The Hall–Kier alpha value is -1.10. The molecule has 1 aliphatic heterocycles. The van der Waals surface area contributed by atoms with Crippen molar-refractivity contribution >= 4 is 11.9 Å². The number of piperidine rings is 1. The molecule has 0 aromatic carbocycles. The highest BCUT2D eigenvalue weighted by atomic mass is 16.4. The zero-order valence-corrected chi connectivity index (χ0v) is 11.1. The second-order valence-corrected chi connectivity index (χ2v) is 5.27. The molecule has 0 atom stereocenters. The van der Waals surface area contributed by atoms with Gasteiger partial charge in [0.25, 0.3) is 0 Å². The molecular formula is C13H24N2O3. The lowest BCUT2D eigenvalue weighted by molar-refractivity contribution is -0.137. The van der Waals surface area contributed by atoms with Crippen LogP contribution in [0.1, 0.15) is 45.4 Å². The molecule has 5 heteroatoms. The van der Waals surface area contributed by atoms with Crippen LogP contribution < -0.4 is 10.6 Å². The molecular weight excluding hydrogens is 232 g/mol. The molecule has 1 heterocycles. The van der Waals surface area contributed by atoms with E-state index in [1.807, 2.05) is 6.92 Å². The fraction of sp³-hybridized carbons (Fsp3) is 0.846. The molecule has 0 aliphatic carbocycles. The molecule has 3 N–H and O–H groups in total. The maximum Gasteiger partial charge on any atom is 0.303 e. The fourth-order valence-electron chi connectivity index (χ4n) is 2.20. The number of nitrogens with one attached hydrogen (secondary N) is 2. The lowest BCUT2D eigenvalue weighted by Gasteiger charge is -2.32. The van der Waals surface area contributed by atoms with Crippen molar-refractivity contribution in [2.45, 2.75) is 45.4 Å². The van der Waals surface area contributed by atoms with Crippen LogP contribution in [-0.4, -0.2) is 36.6 Å². The molecule has 5 nitrogen and oxygen atoms in total. The predicted octanol–water partition coefficient (Wildman–Crippen LogP) is 1.14. The van der Waals surface area contributed by atoms with Gasteiger partial charge in [-0.05, 0) is 38.8 Å². The lowest BCUT2D eigenvalue weighted by Crippen LogP contribution is -2.46. The summed E-state index contributed by atoms with van der Waals surface area (Å²) >= 11 is 0. The quantitative estimate of drug-likeness (QED) is 0.597. The predicted molar refractivity (Wildman–Crippen MR) is 69.3 cm³/mol. The molecule has 1 rings (SSSR count). The summed E-state index contributed by atoms with van der Waals surface area (Å²) in [6.45, 7) is 4.49. The molecule has 0 spiro atoms. The number of carbonyl (C=O) groups excluding carboxylic acids is 1. The van der Waals surface area contributed by atoms with E-state index in [2.05, 4.69) is 10.6 Å². The second kappa shape index (κ2) is 7.36. The van der Waals surface area contributed by atoms with E-state index in [1.54, 1.807) is 0 Å². The molecule has 0 radical (unpaired) electrons. The summed E-state index contributed by atoms with van der Waals surface area (Å²) in [6.07, 6.45) is 4.39. The Bertz CT molecular complexity index is 286. The number of amides is 1. The normalized spacial score (nSPS) is 18.3. The smallest absolute Gasteiger partial charge is 0.303 e. The first-order valence-corrected chi connectivity index (χ1v) is 6.75. The third-order valence-corrected chi connectivity index (χ3v) is 3.61. The van der Waals surface area contributed by atoms with E-state index in [1.165, 1.54) is 0 Å². The van der Waals surface area contributed by atoms with Crippen molar-refractivity contribution in [3.63, 3.8) is 0 Å². The molecule has 0 unspecified atom stereocenters. The first kappa shape index (κ1) is 15.0. The van der Waals surface area contributed by atoms with Gasteiger partial charge in [0.2, 0.25) is 5.91 Å². The van der Waals surface area contributed by atoms with E-state index >= 15 is 0 Å². The van der Waals surface area contributed by atoms with Crippen LogP contribution in [0.5, 0.6) is 0 Å². The third kappa shape index (κ3) is 5.04. The number of hydrogen-bond acceptors (Lipinski definition) is 3. The van der Waals surface area contributed by atoms with Gasteiger partial charge in [-0.1, -0.05) is 13.3 Å². The second-order valence-electron chi connectivity index (χ2n) is 5.27. The summed E-state index contributed by atoms with van der Waals surface area (Å²) in [4.78, 5) is 22.3. The van der Waals surface area contributed by atoms with Crippen molar-refractivity contribution in [1.29, 1.82) is 0 Å². The topological polar surface area (TPSA) is 78.4 Å². The van der Waals surface area contributed by atoms with Crippen molar-refractivity contribution in [2.24, 2.45) is 5.41 Å². The number of aliphatic carboxylic acids is 1. The standard InChI is InChI=1S/C13H24N2O3/c1-13(6-9-14-10-7-13)12(18)15-8-4-2-3-5-11(16)17/h14H,2-10H2,1H3,(H,15,18)(H,16,17). The Kier molecular flexibility index (Phi) is 6.12. The third-order valence-electron chi connectivity index (χ3n) is 3.61. The highest BCUT2D eigenvalue weighted by Crippen LogP contribution is 2.27. The lowest BCUT2D eigenvalue weighted by atomic mass is 9.80. The molecule has 1 saturated heterocycles. The van der Waals surface area contributed by atoms with Crippen molar-refractivity contribution in [1.82, 2.24) is 10.6 Å². The summed E-state index contributed by atoms with van der Waals surface area (Å²) in [6, 6.07) is 0. The molecule has 18 heavy (non-hydrogen) atoms. The van der Waals surface area contributed by atoms with Crippen molar-refractivity contribution < 1.29 is 14.7 Å². The van der Waals surface area contributed by atoms with E-state index in [0.29, 0.717) is 13.0 Å².